The van der Waals surface area contributed by atoms with Gasteiger partial charge in [0.2, 0.25) is 11.7 Å². The zero-order chi connectivity index (χ0) is 29.8. The number of thiazole rings is 1. The lowest BCUT2D eigenvalue weighted by Gasteiger charge is -2.26. The second-order valence-corrected chi connectivity index (χ2v) is 10.2. The number of hydrogen-bond acceptors (Lipinski definition) is 9. The molecule has 0 aliphatic carbocycles. The van der Waals surface area contributed by atoms with Crippen molar-refractivity contribution in [1.82, 2.24) is 9.97 Å². The number of ether oxygens (including phenoxy) is 1. The zero-order valence-corrected chi connectivity index (χ0v) is 23.1. The maximum atomic E-state index is 13.6. The van der Waals surface area contributed by atoms with Crippen LogP contribution in [-0.2, 0) is 9.59 Å². The molecule has 2 aromatic heterocycles. The Balaban J connectivity index is 1.35. The second kappa shape index (κ2) is 12.0. The summed E-state index contributed by atoms with van der Waals surface area (Å²) in [6.07, 6.45) is 1.69. The van der Waals surface area contributed by atoms with Crippen LogP contribution in [0, 0.1) is 5.82 Å². The third kappa shape index (κ3) is 6.03. The molecular weight excluding hydrogens is 559 g/mol. The van der Waals surface area contributed by atoms with Crippen LogP contribution in [0.15, 0.2) is 85.1 Å². The number of pyridine rings is 1. The number of ketones is 1. The first kappa shape index (κ1) is 28.2. The Morgan fingerprint density at radius 3 is 2.57 bits per heavy atom. The highest BCUT2D eigenvalue weighted by Gasteiger charge is 2.28. The molecule has 5 N–H and O–H groups in total. The lowest BCUT2D eigenvalue weighted by molar-refractivity contribution is -0.119. The van der Waals surface area contributed by atoms with Crippen molar-refractivity contribution in [3.63, 3.8) is 0 Å². The van der Waals surface area contributed by atoms with Gasteiger partial charge in [0.25, 0.3) is 5.91 Å². The predicted octanol–water partition coefficient (Wildman–Crippen LogP) is 4.67. The number of halogens is 1. The summed E-state index contributed by atoms with van der Waals surface area (Å²) in [5, 5.41) is 3.87. The topological polar surface area (TPSA) is 154 Å². The van der Waals surface area contributed by atoms with E-state index < -0.39 is 29.5 Å². The summed E-state index contributed by atoms with van der Waals surface area (Å²) in [5.41, 5.74) is 13.7. The molecule has 0 saturated heterocycles. The minimum absolute atomic E-state index is 0.0675. The summed E-state index contributed by atoms with van der Waals surface area (Å²) < 4.78 is 19.3. The van der Waals surface area contributed by atoms with Crippen LogP contribution in [-0.4, -0.2) is 40.2 Å². The van der Waals surface area contributed by atoms with Crippen LogP contribution >= 0.6 is 11.3 Å². The number of carbonyl (C=O) groups is 3. The Morgan fingerprint density at radius 1 is 1.05 bits per heavy atom. The number of para-hydroxylation sites is 1. The third-order valence-corrected chi connectivity index (χ3v) is 7.40. The van der Waals surface area contributed by atoms with E-state index in [0.29, 0.717) is 11.4 Å². The molecule has 12 heteroatoms. The number of primary amides is 1. The van der Waals surface area contributed by atoms with Crippen molar-refractivity contribution >= 4 is 62.2 Å². The van der Waals surface area contributed by atoms with Crippen molar-refractivity contribution in [1.29, 1.82) is 0 Å². The molecule has 10 nitrogen and oxygen atoms in total. The summed E-state index contributed by atoms with van der Waals surface area (Å²) in [5.74, 6) is -1.91. The summed E-state index contributed by atoms with van der Waals surface area (Å²) in [4.78, 5) is 48.5. The average Bonchev–Trinajstić information content (AvgIpc) is 3.37. The van der Waals surface area contributed by atoms with Crippen LogP contribution in [0.2, 0.25) is 0 Å². The largest absolute Gasteiger partial charge is 0.483 e. The maximum Gasteiger partial charge on any atom is 0.262 e. The van der Waals surface area contributed by atoms with Crippen molar-refractivity contribution in [3.05, 3.63) is 101 Å². The van der Waals surface area contributed by atoms with Gasteiger partial charge in [-0.15, -0.1) is 0 Å². The summed E-state index contributed by atoms with van der Waals surface area (Å²) in [6, 6.07) is 20.0. The number of nitrogens with two attached hydrogens (primary N) is 2. The SMILES string of the molecule is CC(C(N)=O)N(c1ccc(F)cc1)c1nc(N)c(C(=O)c2ccccc2OCC(=O)Nc2ccc3ncccc3c2)s1. The number of rotatable bonds is 10. The number of nitrogens with zero attached hydrogens (tertiary/aromatic N) is 3. The van der Waals surface area contributed by atoms with E-state index >= 15 is 0 Å². The standard InChI is InChI=1S/C30H25FN6O4S/c1-17(29(33)40)37(21-11-8-19(31)9-12-21)30-36-28(32)27(42-30)26(39)22-6-2-3-7-24(22)41-16-25(38)35-20-10-13-23-18(15-20)5-4-14-34-23/h2-15,17H,16,32H2,1H3,(H2,33,40)(H,35,38). The van der Waals surface area contributed by atoms with E-state index in [1.165, 1.54) is 29.2 Å². The minimum atomic E-state index is -0.878. The third-order valence-electron chi connectivity index (χ3n) is 6.34. The molecule has 0 saturated carbocycles. The molecular formula is C30H25FN6O4S. The number of nitrogens with one attached hydrogen (secondary N) is 1. The Hall–Kier alpha value is -5.36. The van der Waals surface area contributed by atoms with Crippen molar-refractivity contribution in [2.75, 3.05) is 22.6 Å². The van der Waals surface area contributed by atoms with Gasteiger partial charge in [-0.3, -0.25) is 19.4 Å². The Labute approximate surface area is 243 Å². The molecule has 0 spiro atoms. The Morgan fingerprint density at radius 2 is 1.81 bits per heavy atom. The van der Waals surface area contributed by atoms with E-state index in [1.54, 1.807) is 55.6 Å². The fraction of sp³-hybridized carbons (Fsp3) is 0.100. The van der Waals surface area contributed by atoms with Gasteiger partial charge in [-0.2, -0.15) is 0 Å². The molecule has 0 bridgehead atoms. The number of anilines is 4. The van der Waals surface area contributed by atoms with Crippen LogP contribution in [0.5, 0.6) is 5.75 Å². The van der Waals surface area contributed by atoms with Gasteiger partial charge in [0.15, 0.2) is 11.7 Å². The molecule has 42 heavy (non-hydrogen) atoms. The predicted molar refractivity (Wildman–Crippen MR) is 159 cm³/mol. The fourth-order valence-corrected chi connectivity index (χ4v) is 5.25. The monoisotopic (exact) mass is 584 g/mol. The molecule has 5 aromatic rings. The number of aromatic nitrogens is 2. The van der Waals surface area contributed by atoms with Gasteiger partial charge in [-0.05, 0) is 67.6 Å². The van der Waals surface area contributed by atoms with Gasteiger partial charge in [-0.1, -0.05) is 29.5 Å². The van der Waals surface area contributed by atoms with Gasteiger partial charge in [0, 0.05) is 23.0 Å². The molecule has 2 amide bonds. The number of fused-ring (bicyclic) bond motifs is 1. The number of benzene rings is 3. The highest BCUT2D eigenvalue weighted by molar-refractivity contribution is 7.18. The maximum absolute atomic E-state index is 13.6. The van der Waals surface area contributed by atoms with E-state index in [0.717, 1.165) is 22.2 Å². The van der Waals surface area contributed by atoms with E-state index in [2.05, 4.69) is 15.3 Å². The van der Waals surface area contributed by atoms with E-state index in [9.17, 15) is 18.8 Å². The van der Waals surface area contributed by atoms with Gasteiger partial charge in [0.05, 0.1) is 11.1 Å². The molecule has 1 unspecified atom stereocenters. The van der Waals surface area contributed by atoms with Gasteiger partial charge in [0.1, 0.15) is 28.3 Å². The molecule has 0 fully saturated rings. The summed E-state index contributed by atoms with van der Waals surface area (Å²) in [6.45, 7) is 1.21. The number of nitrogen functional groups attached to an aromatic ring is 1. The molecule has 3 aromatic carbocycles. The van der Waals surface area contributed by atoms with Gasteiger partial charge < -0.3 is 26.4 Å². The van der Waals surface area contributed by atoms with E-state index in [4.69, 9.17) is 16.2 Å². The Kier molecular flexibility index (Phi) is 8.07. The second-order valence-electron chi connectivity index (χ2n) is 9.21. The van der Waals surface area contributed by atoms with Crippen LogP contribution < -0.4 is 26.4 Å². The quantitative estimate of drug-likeness (QED) is 0.200. The fourth-order valence-electron chi connectivity index (χ4n) is 4.21. The molecule has 212 valence electrons. The zero-order valence-electron chi connectivity index (χ0n) is 22.3. The van der Waals surface area contributed by atoms with E-state index in [-0.39, 0.29) is 33.7 Å². The molecule has 1 atom stereocenters. The van der Waals surface area contributed by atoms with Crippen molar-refractivity contribution in [2.24, 2.45) is 5.73 Å². The van der Waals surface area contributed by atoms with Gasteiger partial charge in [-0.25, -0.2) is 9.37 Å². The van der Waals surface area contributed by atoms with E-state index in [1.807, 2.05) is 12.1 Å². The molecule has 0 radical (unpaired) electrons. The number of carbonyl (C=O) groups excluding carboxylic acids is 3. The van der Waals surface area contributed by atoms with Gasteiger partial charge >= 0.3 is 0 Å². The number of amides is 2. The summed E-state index contributed by atoms with van der Waals surface area (Å²) >= 11 is 0.950. The van der Waals surface area contributed by atoms with Crippen molar-refractivity contribution < 1.29 is 23.5 Å². The molecule has 2 heterocycles. The highest BCUT2D eigenvalue weighted by Crippen LogP contribution is 2.37. The lowest BCUT2D eigenvalue weighted by atomic mass is 10.1. The highest BCUT2D eigenvalue weighted by atomic mass is 32.1. The molecule has 0 aliphatic heterocycles. The van der Waals surface area contributed by atoms with Crippen LogP contribution in [0.4, 0.5) is 26.7 Å². The van der Waals surface area contributed by atoms with Crippen LogP contribution in [0.3, 0.4) is 0 Å². The van der Waals surface area contributed by atoms with Crippen molar-refractivity contribution in [3.8, 4) is 5.75 Å². The molecule has 5 rings (SSSR count). The minimum Gasteiger partial charge on any atom is -0.483 e. The first-order valence-electron chi connectivity index (χ1n) is 12.7. The smallest absolute Gasteiger partial charge is 0.262 e. The van der Waals surface area contributed by atoms with Crippen LogP contribution in [0.1, 0.15) is 22.2 Å². The number of hydrogen-bond donors (Lipinski definition) is 3. The lowest BCUT2D eigenvalue weighted by Crippen LogP contribution is -2.39. The first-order chi connectivity index (χ1) is 20.2. The summed E-state index contributed by atoms with van der Waals surface area (Å²) in [7, 11) is 0. The average molecular weight is 585 g/mol. The normalized spacial score (nSPS) is 11.6. The van der Waals surface area contributed by atoms with Crippen LogP contribution in [0.25, 0.3) is 10.9 Å². The molecule has 0 aliphatic rings. The Bertz CT molecular complexity index is 1790. The van der Waals surface area contributed by atoms with Crippen molar-refractivity contribution in [2.45, 2.75) is 13.0 Å². The first-order valence-corrected chi connectivity index (χ1v) is 13.5.